The third-order valence-electron chi connectivity index (χ3n) is 4.73. The predicted octanol–water partition coefficient (Wildman–Crippen LogP) is 4.09. The number of benzene rings is 1. The summed E-state index contributed by atoms with van der Waals surface area (Å²) in [6.07, 6.45) is 3.80. The van der Waals surface area contributed by atoms with Gasteiger partial charge in [0, 0.05) is 6.07 Å². The Morgan fingerprint density at radius 1 is 0.967 bits per heavy atom. The fourth-order valence-corrected chi connectivity index (χ4v) is 3.36. The van der Waals surface area contributed by atoms with Crippen LogP contribution in [0.25, 0.3) is 28.5 Å². The quantitative estimate of drug-likeness (QED) is 0.461. The van der Waals surface area contributed by atoms with Gasteiger partial charge in [0.05, 0.1) is 20.4 Å². The van der Waals surface area contributed by atoms with Crippen LogP contribution >= 0.6 is 11.6 Å². The van der Waals surface area contributed by atoms with Gasteiger partial charge in [0.15, 0.2) is 17.1 Å². The van der Waals surface area contributed by atoms with Crippen molar-refractivity contribution in [1.29, 1.82) is 0 Å². The number of halogens is 1. The zero-order valence-corrected chi connectivity index (χ0v) is 17.1. The Morgan fingerprint density at radius 3 is 2.40 bits per heavy atom. The molecule has 0 N–H and O–H groups in total. The standard InChI is InChI=1S/C21H18ClN5O3/c1-28-14-6-4-7-15(29-2)18(14)27-20(26-19-21(27)25-16(22)11-23-19)13-5-3-8-17(24-13)30-12-9-10-12/h3-8,11-12H,9-10H2,1-2H3. The number of hydrogen-bond acceptors (Lipinski definition) is 7. The second-order valence-electron chi connectivity index (χ2n) is 6.80. The zero-order valence-electron chi connectivity index (χ0n) is 16.4. The summed E-state index contributed by atoms with van der Waals surface area (Å²) in [6, 6.07) is 11.1. The van der Waals surface area contributed by atoms with E-state index in [1.807, 2.05) is 36.4 Å². The van der Waals surface area contributed by atoms with Crippen molar-refractivity contribution in [3.63, 3.8) is 0 Å². The van der Waals surface area contributed by atoms with Gasteiger partial charge in [-0.25, -0.2) is 19.9 Å². The second kappa shape index (κ2) is 7.46. The normalized spacial score (nSPS) is 13.4. The number of aromatic nitrogens is 5. The molecule has 0 amide bonds. The third-order valence-corrected chi connectivity index (χ3v) is 4.91. The van der Waals surface area contributed by atoms with Crippen LogP contribution in [-0.4, -0.2) is 44.8 Å². The van der Waals surface area contributed by atoms with Crippen molar-refractivity contribution in [2.24, 2.45) is 0 Å². The maximum atomic E-state index is 6.16. The van der Waals surface area contributed by atoms with Gasteiger partial charge < -0.3 is 14.2 Å². The van der Waals surface area contributed by atoms with E-state index in [4.69, 9.17) is 25.8 Å². The molecule has 30 heavy (non-hydrogen) atoms. The Hall–Kier alpha value is -3.39. The number of methoxy groups -OCH3 is 2. The molecule has 1 aromatic carbocycles. The molecular formula is C21H18ClN5O3. The van der Waals surface area contributed by atoms with E-state index >= 15 is 0 Å². The number of hydrogen-bond donors (Lipinski definition) is 0. The van der Waals surface area contributed by atoms with E-state index in [1.54, 1.807) is 18.8 Å². The summed E-state index contributed by atoms with van der Waals surface area (Å²) in [5.41, 5.74) is 2.14. The molecule has 4 aromatic rings. The Labute approximate surface area is 177 Å². The lowest BCUT2D eigenvalue weighted by atomic mass is 10.2. The lowest BCUT2D eigenvalue weighted by molar-refractivity contribution is 0.291. The van der Waals surface area contributed by atoms with E-state index in [-0.39, 0.29) is 11.3 Å². The number of pyridine rings is 1. The van der Waals surface area contributed by atoms with Gasteiger partial charge in [0.25, 0.3) is 0 Å². The molecule has 1 fully saturated rings. The van der Waals surface area contributed by atoms with Gasteiger partial charge in [-0.15, -0.1) is 0 Å². The van der Waals surface area contributed by atoms with Crippen molar-refractivity contribution in [3.05, 3.63) is 47.7 Å². The Morgan fingerprint density at radius 2 is 1.70 bits per heavy atom. The van der Waals surface area contributed by atoms with Gasteiger partial charge in [-0.1, -0.05) is 23.7 Å². The Balaban J connectivity index is 1.79. The molecular weight excluding hydrogens is 406 g/mol. The predicted molar refractivity (Wildman–Crippen MR) is 112 cm³/mol. The minimum atomic E-state index is 0.239. The fraction of sp³-hybridized carbons (Fsp3) is 0.238. The maximum Gasteiger partial charge on any atom is 0.214 e. The van der Waals surface area contributed by atoms with Gasteiger partial charge >= 0.3 is 0 Å². The SMILES string of the molecule is COc1cccc(OC)c1-n1c(-c2cccc(OC3CC3)n2)nc2ncc(Cl)nc21. The number of para-hydroxylation sites is 1. The first kappa shape index (κ1) is 18.6. The average Bonchev–Trinajstić information content (AvgIpc) is 3.51. The number of nitrogens with zero attached hydrogens (tertiary/aromatic N) is 5. The van der Waals surface area contributed by atoms with Crippen LogP contribution in [0.2, 0.25) is 5.15 Å². The molecule has 0 unspecified atom stereocenters. The van der Waals surface area contributed by atoms with E-state index in [2.05, 4.69) is 19.9 Å². The molecule has 3 heterocycles. The Bertz CT molecular complexity index is 1220. The second-order valence-corrected chi connectivity index (χ2v) is 7.19. The minimum Gasteiger partial charge on any atom is -0.494 e. The molecule has 1 aliphatic carbocycles. The molecule has 5 rings (SSSR count). The highest BCUT2D eigenvalue weighted by atomic mass is 35.5. The summed E-state index contributed by atoms with van der Waals surface area (Å²) < 4.78 is 18.9. The number of rotatable bonds is 6. The van der Waals surface area contributed by atoms with Crippen molar-refractivity contribution in [2.45, 2.75) is 18.9 Å². The van der Waals surface area contributed by atoms with Gasteiger partial charge in [-0.3, -0.25) is 4.57 Å². The first-order chi connectivity index (χ1) is 14.7. The molecule has 1 aliphatic rings. The van der Waals surface area contributed by atoms with Crippen LogP contribution in [0.5, 0.6) is 17.4 Å². The van der Waals surface area contributed by atoms with Crippen molar-refractivity contribution < 1.29 is 14.2 Å². The molecule has 8 nitrogen and oxygen atoms in total. The third kappa shape index (κ3) is 3.29. The minimum absolute atomic E-state index is 0.239. The summed E-state index contributed by atoms with van der Waals surface area (Å²) in [6.45, 7) is 0. The summed E-state index contributed by atoms with van der Waals surface area (Å²) >= 11 is 6.16. The largest absolute Gasteiger partial charge is 0.494 e. The van der Waals surface area contributed by atoms with Gasteiger partial charge in [-0.2, -0.15) is 0 Å². The molecule has 3 aromatic heterocycles. The lowest BCUT2D eigenvalue weighted by Crippen LogP contribution is -2.05. The van der Waals surface area contributed by atoms with Crippen LogP contribution in [0.4, 0.5) is 0 Å². The number of fused-ring (bicyclic) bond motifs is 1. The first-order valence-corrected chi connectivity index (χ1v) is 9.82. The molecule has 152 valence electrons. The summed E-state index contributed by atoms with van der Waals surface area (Å²) in [5.74, 6) is 2.25. The fourth-order valence-electron chi connectivity index (χ4n) is 3.23. The molecule has 0 bridgehead atoms. The summed E-state index contributed by atoms with van der Waals surface area (Å²) in [5, 5.41) is 0.253. The lowest BCUT2D eigenvalue weighted by Gasteiger charge is -2.16. The highest BCUT2D eigenvalue weighted by molar-refractivity contribution is 6.29. The molecule has 0 radical (unpaired) electrons. The molecule has 9 heteroatoms. The van der Waals surface area contributed by atoms with Crippen LogP contribution in [0.15, 0.2) is 42.6 Å². The van der Waals surface area contributed by atoms with Crippen LogP contribution in [0.1, 0.15) is 12.8 Å². The maximum absolute atomic E-state index is 6.16. The molecule has 0 atom stereocenters. The van der Waals surface area contributed by atoms with Crippen molar-refractivity contribution in [2.75, 3.05) is 14.2 Å². The van der Waals surface area contributed by atoms with E-state index in [1.165, 1.54) is 6.20 Å². The van der Waals surface area contributed by atoms with Crippen molar-refractivity contribution in [3.8, 4) is 34.6 Å². The van der Waals surface area contributed by atoms with Crippen molar-refractivity contribution >= 4 is 22.9 Å². The summed E-state index contributed by atoms with van der Waals surface area (Å²) in [4.78, 5) is 18.2. The topological polar surface area (TPSA) is 84.2 Å². The first-order valence-electron chi connectivity index (χ1n) is 9.44. The van der Waals surface area contributed by atoms with Crippen LogP contribution < -0.4 is 14.2 Å². The summed E-state index contributed by atoms with van der Waals surface area (Å²) in [7, 11) is 3.19. The van der Waals surface area contributed by atoms with Gasteiger partial charge in [-0.05, 0) is 31.0 Å². The monoisotopic (exact) mass is 423 g/mol. The van der Waals surface area contributed by atoms with E-state index in [0.29, 0.717) is 45.9 Å². The number of ether oxygens (including phenoxy) is 3. The molecule has 0 aliphatic heterocycles. The van der Waals surface area contributed by atoms with E-state index in [0.717, 1.165) is 12.8 Å². The zero-order chi connectivity index (χ0) is 20.7. The average molecular weight is 424 g/mol. The van der Waals surface area contributed by atoms with Gasteiger partial charge in [0.1, 0.15) is 34.1 Å². The van der Waals surface area contributed by atoms with Crippen molar-refractivity contribution in [1.82, 2.24) is 24.5 Å². The van der Waals surface area contributed by atoms with Crippen LogP contribution in [0.3, 0.4) is 0 Å². The van der Waals surface area contributed by atoms with Gasteiger partial charge in [0.2, 0.25) is 5.88 Å². The van der Waals surface area contributed by atoms with Crippen LogP contribution in [0, 0.1) is 0 Å². The highest BCUT2D eigenvalue weighted by Gasteiger charge is 2.26. The molecule has 0 saturated heterocycles. The highest BCUT2D eigenvalue weighted by Crippen LogP contribution is 2.38. The molecule has 0 spiro atoms. The van der Waals surface area contributed by atoms with E-state index < -0.39 is 0 Å². The smallest absolute Gasteiger partial charge is 0.214 e. The Kier molecular flexibility index (Phi) is 4.63. The molecule has 1 saturated carbocycles. The van der Waals surface area contributed by atoms with Crippen LogP contribution in [-0.2, 0) is 0 Å². The number of imidazole rings is 1. The van der Waals surface area contributed by atoms with E-state index in [9.17, 15) is 0 Å².